The molecule has 1 heterocycles. The number of hydrogen-bond acceptors (Lipinski definition) is 4. The molecule has 3 rings (SSSR count). The molecule has 0 aliphatic heterocycles. The van der Waals surface area contributed by atoms with Gasteiger partial charge in [0.15, 0.2) is 0 Å². The van der Waals surface area contributed by atoms with Crippen LogP contribution in [0.2, 0.25) is 0 Å². The van der Waals surface area contributed by atoms with Crippen molar-refractivity contribution in [2.75, 3.05) is 32.2 Å². The average molecular weight is 315 g/mol. The van der Waals surface area contributed by atoms with Crippen LogP contribution in [-0.4, -0.2) is 42.6 Å². The molecule has 6 heteroatoms. The zero-order valence-corrected chi connectivity index (χ0v) is 13.2. The van der Waals surface area contributed by atoms with Gasteiger partial charge in [-0.15, -0.1) is 0 Å². The number of carbonyl (C=O) groups is 1. The van der Waals surface area contributed by atoms with Crippen molar-refractivity contribution in [2.45, 2.75) is 19.3 Å². The summed E-state index contributed by atoms with van der Waals surface area (Å²) < 4.78 is 12.0. The fourth-order valence-electron chi connectivity index (χ4n) is 2.75. The Labute approximate surface area is 135 Å². The molecule has 0 fully saturated rings. The highest BCUT2D eigenvalue weighted by atomic mass is 16.5. The van der Waals surface area contributed by atoms with E-state index in [9.17, 15) is 4.79 Å². The van der Waals surface area contributed by atoms with Crippen molar-refractivity contribution >= 4 is 11.7 Å². The highest BCUT2D eigenvalue weighted by Crippen LogP contribution is 2.30. The Morgan fingerprint density at radius 1 is 1.26 bits per heavy atom. The number of benzene rings is 1. The van der Waals surface area contributed by atoms with Crippen molar-refractivity contribution in [3.05, 3.63) is 41.6 Å². The normalized spacial score (nSPS) is 13.1. The Kier molecular flexibility index (Phi) is 5.05. The lowest BCUT2D eigenvalue weighted by Gasteiger charge is -2.11. The molecule has 1 aromatic carbocycles. The Morgan fingerprint density at radius 2 is 2.09 bits per heavy atom. The first-order chi connectivity index (χ1) is 11.3. The maximum atomic E-state index is 12.1. The van der Waals surface area contributed by atoms with Crippen molar-refractivity contribution in [3.8, 4) is 5.69 Å². The van der Waals surface area contributed by atoms with Crippen molar-refractivity contribution in [1.29, 1.82) is 0 Å². The first kappa shape index (κ1) is 15.7. The van der Waals surface area contributed by atoms with E-state index < -0.39 is 0 Å². The monoisotopic (exact) mass is 315 g/mol. The van der Waals surface area contributed by atoms with Crippen molar-refractivity contribution in [3.63, 3.8) is 0 Å². The standard InChI is InChI=1S/C17H21N3O3/c1-22-10-11-23-12-16(21)18-17-14-8-5-9-15(14)19-20(17)13-6-3-2-4-7-13/h2-4,6-7H,5,8-12H2,1H3,(H,18,21). The van der Waals surface area contributed by atoms with Crippen LogP contribution < -0.4 is 5.32 Å². The van der Waals surface area contributed by atoms with E-state index in [0.717, 1.165) is 42.0 Å². The summed E-state index contributed by atoms with van der Waals surface area (Å²) >= 11 is 0. The maximum absolute atomic E-state index is 12.1. The van der Waals surface area contributed by atoms with Crippen molar-refractivity contribution in [2.24, 2.45) is 0 Å². The van der Waals surface area contributed by atoms with Crippen LogP contribution in [0.15, 0.2) is 30.3 Å². The van der Waals surface area contributed by atoms with Gasteiger partial charge in [0, 0.05) is 12.7 Å². The molecule has 23 heavy (non-hydrogen) atoms. The first-order valence-electron chi connectivity index (χ1n) is 7.82. The molecule has 6 nitrogen and oxygen atoms in total. The summed E-state index contributed by atoms with van der Waals surface area (Å²) in [5.41, 5.74) is 3.15. The summed E-state index contributed by atoms with van der Waals surface area (Å²) in [6.07, 6.45) is 2.99. The minimum atomic E-state index is -0.173. The van der Waals surface area contributed by atoms with Gasteiger partial charge in [-0.1, -0.05) is 18.2 Å². The highest BCUT2D eigenvalue weighted by Gasteiger charge is 2.24. The second-order valence-electron chi connectivity index (χ2n) is 5.47. The van der Waals surface area contributed by atoms with Gasteiger partial charge in [0.25, 0.3) is 5.91 Å². The molecule has 0 spiro atoms. The maximum Gasteiger partial charge on any atom is 0.251 e. The molecule has 1 N–H and O–H groups in total. The Hall–Kier alpha value is -2.18. The van der Waals surface area contributed by atoms with E-state index in [1.54, 1.807) is 7.11 Å². The summed E-state index contributed by atoms with van der Waals surface area (Å²) in [5, 5.41) is 7.63. The molecule has 122 valence electrons. The third-order valence-electron chi connectivity index (χ3n) is 3.83. The second kappa shape index (κ2) is 7.39. The van der Waals surface area contributed by atoms with Gasteiger partial charge in [0.05, 0.1) is 24.6 Å². The van der Waals surface area contributed by atoms with Crippen LogP contribution >= 0.6 is 0 Å². The molecule has 0 saturated heterocycles. The third kappa shape index (κ3) is 3.60. The van der Waals surface area contributed by atoms with E-state index in [2.05, 4.69) is 10.4 Å². The van der Waals surface area contributed by atoms with Crippen LogP contribution in [0.25, 0.3) is 5.69 Å². The number of anilines is 1. The number of methoxy groups -OCH3 is 1. The van der Waals surface area contributed by atoms with Crippen LogP contribution in [0.3, 0.4) is 0 Å². The Morgan fingerprint density at radius 3 is 2.87 bits per heavy atom. The molecule has 1 amide bonds. The molecule has 0 atom stereocenters. The van der Waals surface area contributed by atoms with E-state index in [1.165, 1.54) is 0 Å². The zero-order chi connectivity index (χ0) is 16.1. The molecular formula is C17H21N3O3. The number of rotatable bonds is 7. The lowest BCUT2D eigenvalue weighted by molar-refractivity contribution is -0.121. The summed E-state index contributed by atoms with van der Waals surface area (Å²) in [6.45, 7) is 0.892. The van der Waals surface area contributed by atoms with Gasteiger partial charge >= 0.3 is 0 Å². The number of para-hydroxylation sites is 1. The number of nitrogens with zero attached hydrogens (tertiary/aromatic N) is 2. The van der Waals surface area contributed by atoms with Gasteiger partial charge in [-0.2, -0.15) is 5.10 Å². The molecule has 1 aliphatic carbocycles. The SMILES string of the molecule is COCCOCC(=O)Nc1c2c(nn1-c1ccccc1)CCC2. The Bertz CT molecular complexity index is 667. The predicted octanol–water partition coefficient (Wildman–Crippen LogP) is 1.96. The van der Waals surface area contributed by atoms with Gasteiger partial charge in [-0.05, 0) is 31.4 Å². The van der Waals surface area contributed by atoms with E-state index in [-0.39, 0.29) is 12.5 Å². The van der Waals surface area contributed by atoms with Crippen molar-refractivity contribution < 1.29 is 14.3 Å². The van der Waals surface area contributed by atoms with Gasteiger partial charge in [-0.25, -0.2) is 4.68 Å². The summed E-state index contributed by atoms with van der Waals surface area (Å²) in [4.78, 5) is 12.1. The lowest BCUT2D eigenvalue weighted by atomic mass is 10.2. The molecular weight excluding hydrogens is 294 g/mol. The number of ether oxygens (including phenoxy) is 2. The number of aryl methyl sites for hydroxylation is 1. The van der Waals surface area contributed by atoms with Crippen LogP contribution in [0.5, 0.6) is 0 Å². The molecule has 1 aromatic heterocycles. The topological polar surface area (TPSA) is 65.4 Å². The minimum absolute atomic E-state index is 0.0120. The number of amides is 1. The first-order valence-corrected chi connectivity index (χ1v) is 7.82. The van der Waals surface area contributed by atoms with Crippen molar-refractivity contribution in [1.82, 2.24) is 9.78 Å². The van der Waals surface area contributed by atoms with E-state index in [4.69, 9.17) is 9.47 Å². The number of aromatic nitrogens is 2. The molecule has 1 aliphatic rings. The fraction of sp³-hybridized carbons (Fsp3) is 0.412. The van der Waals surface area contributed by atoms with E-state index >= 15 is 0 Å². The predicted molar refractivity (Wildman–Crippen MR) is 86.9 cm³/mol. The van der Waals surface area contributed by atoms with Gasteiger partial charge in [0.2, 0.25) is 0 Å². The third-order valence-corrected chi connectivity index (χ3v) is 3.83. The van der Waals surface area contributed by atoms with Gasteiger partial charge in [-0.3, -0.25) is 4.79 Å². The largest absolute Gasteiger partial charge is 0.382 e. The van der Waals surface area contributed by atoms with Crippen LogP contribution in [0, 0.1) is 0 Å². The van der Waals surface area contributed by atoms with Crippen LogP contribution in [0.4, 0.5) is 5.82 Å². The number of nitrogens with one attached hydrogen (secondary N) is 1. The lowest BCUT2D eigenvalue weighted by Crippen LogP contribution is -2.22. The number of fused-ring (bicyclic) bond motifs is 1. The summed E-state index contributed by atoms with van der Waals surface area (Å²) in [6, 6.07) is 9.84. The van der Waals surface area contributed by atoms with Crippen LogP contribution in [-0.2, 0) is 27.1 Å². The van der Waals surface area contributed by atoms with E-state index in [1.807, 2.05) is 35.0 Å². The fourth-order valence-corrected chi connectivity index (χ4v) is 2.75. The second-order valence-corrected chi connectivity index (χ2v) is 5.47. The zero-order valence-electron chi connectivity index (χ0n) is 13.2. The summed E-state index contributed by atoms with van der Waals surface area (Å²) in [5.74, 6) is 0.594. The smallest absolute Gasteiger partial charge is 0.251 e. The molecule has 0 radical (unpaired) electrons. The summed E-state index contributed by atoms with van der Waals surface area (Å²) in [7, 11) is 1.60. The van der Waals surface area contributed by atoms with Gasteiger partial charge < -0.3 is 14.8 Å². The molecule has 0 unspecified atom stereocenters. The molecule has 0 bridgehead atoms. The Balaban J connectivity index is 1.77. The molecule has 2 aromatic rings. The quantitative estimate of drug-likeness (QED) is 0.793. The number of hydrogen-bond donors (Lipinski definition) is 1. The van der Waals surface area contributed by atoms with E-state index in [0.29, 0.717) is 13.2 Å². The molecule has 0 saturated carbocycles. The van der Waals surface area contributed by atoms with Gasteiger partial charge in [0.1, 0.15) is 12.4 Å². The minimum Gasteiger partial charge on any atom is -0.382 e. The number of carbonyl (C=O) groups excluding carboxylic acids is 1. The highest BCUT2D eigenvalue weighted by molar-refractivity contribution is 5.92. The van der Waals surface area contributed by atoms with Crippen LogP contribution in [0.1, 0.15) is 17.7 Å². The average Bonchev–Trinajstić information content (AvgIpc) is 3.15.